The van der Waals surface area contributed by atoms with Crippen LogP contribution in [-0.2, 0) is 0 Å². The van der Waals surface area contributed by atoms with E-state index in [1.807, 2.05) is 18.2 Å². The lowest BCUT2D eigenvalue weighted by Crippen LogP contribution is -1.82. The van der Waals surface area contributed by atoms with Gasteiger partial charge in [0.25, 0.3) is 0 Å². The third kappa shape index (κ3) is 1.88. The summed E-state index contributed by atoms with van der Waals surface area (Å²) >= 11 is 0. The maximum Gasteiger partial charge on any atom is 0.128 e. The van der Waals surface area contributed by atoms with E-state index in [2.05, 4.69) is 53.5 Å². The van der Waals surface area contributed by atoms with Gasteiger partial charge < -0.3 is 9.72 Å². The molecule has 21 heavy (non-hydrogen) atoms. The number of nitrogens with one attached hydrogen (secondary N) is 1. The van der Waals surface area contributed by atoms with Gasteiger partial charge in [0, 0.05) is 16.3 Å². The average Bonchev–Trinajstić information content (AvgIpc) is 2.93. The summed E-state index contributed by atoms with van der Waals surface area (Å²) in [6.07, 6.45) is 0. The van der Waals surface area contributed by atoms with Crippen molar-refractivity contribution in [2.45, 2.75) is 0 Å². The molecule has 0 radical (unpaired) electrons. The molecule has 2 nitrogen and oxygen atoms in total. The maximum atomic E-state index is 5.49. The summed E-state index contributed by atoms with van der Waals surface area (Å²) in [5.74, 6) is 0.909. The lowest BCUT2D eigenvalue weighted by atomic mass is 10.0. The Morgan fingerprint density at radius 1 is 0.762 bits per heavy atom. The molecule has 102 valence electrons. The van der Waals surface area contributed by atoms with Crippen LogP contribution < -0.4 is 4.74 Å². The highest BCUT2D eigenvalue weighted by Gasteiger charge is 2.09. The van der Waals surface area contributed by atoms with Crippen LogP contribution in [0.3, 0.4) is 0 Å². The molecule has 0 bridgehead atoms. The average molecular weight is 273 g/mol. The molecule has 0 saturated carbocycles. The molecular weight excluding hydrogens is 258 g/mol. The highest BCUT2D eigenvalue weighted by molar-refractivity contribution is 6.11. The van der Waals surface area contributed by atoms with E-state index in [0.717, 1.165) is 22.2 Å². The molecular formula is C19H15NO. The zero-order chi connectivity index (χ0) is 14.2. The summed E-state index contributed by atoms with van der Waals surface area (Å²) in [6.45, 7) is 0. The summed E-state index contributed by atoms with van der Waals surface area (Å²) in [5.41, 5.74) is 4.68. The molecule has 4 rings (SSSR count). The molecule has 4 aromatic rings. The first kappa shape index (κ1) is 12.0. The molecule has 0 spiro atoms. The second-order valence-electron chi connectivity index (χ2n) is 5.13. The van der Waals surface area contributed by atoms with Crippen LogP contribution in [0, 0.1) is 0 Å². The summed E-state index contributed by atoms with van der Waals surface area (Å²) in [5, 5.41) is 2.34. The summed E-state index contributed by atoms with van der Waals surface area (Å²) in [6, 6.07) is 23.0. The molecule has 2 heteroatoms. The molecule has 0 fully saturated rings. The first-order valence-electron chi connectivity index (χ1n) is 7.01. The summed E-state index contributed by atoms with van der Waals surface area (Å²) in [7, 11) is 1.71. The summed E-state index contributed by atoms with van der Waals surface area (Å²) < 4.78 is 5.49. The van der Waals surface area contributed by atoms with E-state index in [0.29, 0.717) is 0 Å². The van der Waals surface area contributed by atoms with Crippen molar-refractivity contribution in [3.05, 3.63) is 66.7 Å². The van der Waals surface area contributed by atoms with Crippen LogP contribution in [0.15, 0.2) is 66.7 Å². The number of hydrogen-bond donors (Lipinski definition) is 1. The monoisotopic (exact) mass is 273 g/mol. The van der Waals surface area contributed by atoms with Gasteiger partial charge in [0.15, 0.2) is 0 Å². The van der Waals surface area contributed by atoms with Gasteiger partial charge >= 0.3 is 0 Å². The molecule has 0 aliphatic heterocycles. The van der Waals surface area contributed by atoms with Crippen molar-refractivity contribution in [1.82, 2.24) is 4.98 Å². The van der Waals surface area contributed by atoms with Gasteiger partial charge in [-0.3, -0.25) is 0 Å². The van der Waals surface area contributed by atoms with Gasteiger partial charge in [-0.15, -0.1) is 0 Å². The molecule has 1 aromatic heterocycles. The van der Waals surface area contributed by atoms with Crippen molar-refractivity contribution in [3.8, 4) is 16.9 Å². The van der Waals surface area contributed by atoms with E-state index in [9.17, 15) is 0 Å². The third-order valence-electron chi connectivity index (χ3n) is 3.91. The van der Waals surface area contributed by atoms with E-state index in [1.165, 1.54) is 16.5 Å². The predicted molar refractivity (Wildman–Crippen MR) is 87.8 cm³/mol. The molecule has 1 heterocycles. The van der Waals surface area contributed by atoms with Crippen molar-refractivity contribution in [1.29, 1.82) is 0 Å². The molecule has 0 saturated heterocycles. The molecule has 0 aliphatic rings. The third-order valence-corrected chi connectivity index (χ3v) is 3.91. The number of aromatic amines is 1. The van der Waals surface area contributed by atoms with Crippen molar-refractivity contribution in [3.63, 3.8) is 0 Å². The Hall–Kier alpha value is -2.74. The van der Waals surface area contributed by atoms with Gasteiger partial charge in [-0.25, -0.2) is 0 Å². The Balaban J connectivity index is 1.99. The molecule has 0 unspecified atom stereocenters. The van der Waals surface area contributed by atoms with Gasteiger partial charge in [-0.1, -0.05) is 48.5 Å². The number of hydrogen-bond acceptors (Lipinski definition) is 1. The fourth-order valence-electron chi connectivity index (χ4n) is 2.90. The van der Waals surface area contributed by atoms with E-state index in [4.69, 9.17) is 4.74 Å². The van der Waals surface area contributed by atoms with Crippen LogP contribution >= 0.6 is 0 Å². The second-order valence-corrected chi connectivity index (χ2v) is 5.13. The van der Waals surface area contributed by atoms with Crippen LogP contribution in [0.4, 0.5) is 0 Å². The highest BCUT2D eigenvalue weighted by atomic mass is 16.5. The van der Waals surface area contributed by atoms with Gasteiger partial charge in [0.2, 0.25) is 0 Å². The van der Waals surface area contributed by atoms with Crippen molar-refractivity contribution >= 4 is 21.8 Å². The quantitative estimate of drug-likeness (QED) is 0.546. The van der Waals surface area contributed by atoms with E-state index in [1.54, 1.807) is 7.11 Å². The smallest absolute Gasteiger partial charge is 0.128 e. The molecule has 1 N–H and O–H groups in total. The van der Waals surface area contributed by atoms with Crippen molar-refractivity contribution in [2.24, 2.45) is 0 Å². The Labute approximate surface area is 123 Å². The first-order chi connectivity index (χ1) is 10.4. The number of H-pyrrole nitrogens is 1. The number of rotatable bonds is 2. The van der Waals surface area contributed by atoms with E-state index in [-0.39, 0.29) is 0 Å². The maximum absolute atomic E-state index is 5.49. The molecule has 0 atom stereocenters. The van der Waals surface area contributed by atoms with E-state index < -0.39 is 0 Å². The van der Waals surface area contributed by atoms with Crippen molar-refractivity contribution < 1.29 is 4.74 Å². The van der Waals surface area contributed by atoms with Crippen molar-refractivity contribution in [2.75, 3.05) is 7.11 Å². The van der Waals surface area contributed by atoms with Crippen LogP contribution in [-0.4, -0.2) is 12.1 Å². The second kappa shape index (κ2) is 4.67. The molecule has 3 aromatic carbocycles. The SMILES string of the molecule is COc1cccc2[nH]c3cc(-c4ccccc4)ccc3c12. The standard InChI is InChI=1S/C19H15NO/c1-21-18-9-5-8-16-19(18)15-11-10-14(12-17(15)20-16)13-6-3-2-4-7-13/h2-12,20H,1H3. The predicted octanol–water partition coefficient (Wildman–Crippen LogP) is 5.00. The van der Waals surface area contributed by atoms with Gasteiger partial charge in [0.05, 0.1) is 12.6 Å². The lowest BCUT2D eigenvalue weighted by Gasteiger charge is -2.03. The molecule has 0 aliphatic carbocycles. The zero-order valence-corrected chi connectivity index (χ0v) is 11.8. The minimum absolute atomic E-state index is 0.909. The Morgan fingerprint density at radius 2 is 1.62 bits per heavy atom. The number of fused-ring (bicyclic) bond motifs is 3. The van der Waals surface area contributed by atoms with Crippen LogP contribution in [0.2, 0.25) is 0 Å². The van der Waals surface area contributed by atoms with Gasteiger partial charge in [-0.2, -0.15) is 0 Å². The zero-order valence-electron chi connectivity index (χ0n) is 11.8. The van der Waals surface area contributed by atoms with E-state index >= 15 is 0 Å². The fraction of sp³-hybridized carbons (Fsp3) is 0.0526. The topological polar surface area (TPSA) is 25.0 Å². The van der Waals surface area contributed by atoms with Crippen LogP contribution in [0.1, 0.15) is 0 Å². The Kier molecular flexibility index (Phi) is 2.68. The Bertz CT molecular complexity index is 922. The largest absolute Gasteiger partial charge is 0.496 e. The molecule has 0 amide bonds. The Morgan fingerprint density at radius 3 is 2.43 bits per heavy atom. The summed E-state index contributed by atoms with van der Waals surface area (Å²) in [4.78, 5) is 3.48. The van der Waals surface area contributed by atoms with Crippen LogP contribution in [0.5, 0.6) is 5.75 Å². The van der Waals surface area contributed by atoms with Gasteiger partial charge in [-0.05, 0) is 29.3 Å². The number of methoxy groups -OCH3 is 1. The normalized spacial score (nSPS) is 11.1. The highest BCUT2D eigenvalue weighted by Crippen LogP contribution is 2.34. The lowest BCUT2D eigenvalue weighted by molar-refractivity contribution is 0.420. The first-order valence-corrected chi connectivity index (χ1v) is 7.01. The minimum Gasteiger partial charge on any atom is -0.496 e. The number of ether oxygens (including phenoxy) is 1. The van der Waals surface area contributed by atoms with Gasteiger partial charge in [0.1, 0.15) is 5.75 Å². The fourth-order valence-corrected chi connectivity index (χ4v) is 2.90. The minimum atomic E-state index is 0.909. The number of aromatic nitrogens is 1. The number of benzene rings is 3. The van der Waals surface area contributed by atoms with Crippen LogP contribution in [0.25, 0.3) is 32.9 Å².